The van der Waals surface area contributed by atoms with Gasteiger partial charge in [-0.2, -0.15) is 0 Å². The molecule has 0 saturated carbocycles. The lowest BCUT2D eigenvalue weighted by atomic mass is 9.90. The average Bonchev–Trinajstić information content (AvgIpc) is 2.42. The van der Waals surface area contributed by atoms with Crippen molar-refractivity contribution in [3.8, 4) is 0 Å². The molecule has 1 atom stereocenters. The number of ketones is 1. The molecule has 1 aromatic carbocycles. The van der Waals surface area contributed by atoms with Gasteiger partial charge in [-0.15, -0.1) is 0 Å². The highest BCUT2D eigenvalue weighted by Gasteiger charge is 2.48. The Hall–Kier alpha value is -2.47. The Labute approximate surface area is 108 Å². The lowest BCUT2D eigenvalue weighted by molar-refractivity contribution is -0.616. The number of hydrogen-bond donors (Lipinski definition) is 2. The number of nitro groups is 1. The second kappa shape index (κ2) is 4.66. The zero-order chi connectivity index (χ0) is 14.0. The second-order valence-electron chi connectivity index (χ2n) is 4.19. The van der Waals surface area contributed by atoms with Crippen LogP contribution >= 0.6 is 0 Å². The van der Waals surface area contributed by atoms with Gasteiger partial charge in [0.05, 0.1) is 11.3 Å². The van der Waals surface area contributed by atoms with Crippen LogP contribution in [0.2, 0.25) is 0 Å². The summed E-state index contributed by atoms with van der Waals surface area (Å²) in [6, 6.07) is 8.23. The Morgan fingerprint density at radius 1 is 1.26 bits per heavy atom. The van der Waals surface area contributed by atoms with Gasteiger partial charge in [0.25, 0.3) is 0 Å². The van der Waals surface area contributed by atoms with Gasteiger partial charge in [0.1, 0.15) is 0 Å². The first-order valence-corrected chi connectivity index (χ1v) is 5.52. The van der Waals surface area contributed by atoms with E-state index in [0.29, 0.717) is 5.56 Å². The molecule has 6 heteroatoms. The van der Waals surface area contributed by atoms with Crippen LogP contribution in [0.4, 0.5) is 0 Å². The van der Waals surface area contributed by atoms with Crippen molar-refractivity contribution >= 4 is 5.78 Å². The predicted molar refractivity (Wildman–Crippen MR) is 66.1 cm³/mol. The molecule has 2 N–H and O–H groups in total. The SMILES string of the molecule is O=C(C1=CC=C(O)C(O)([N+](=O)[O-])C1)c1ccccc1. The molecule has 6 nitrogen and oxygen atoms in total. The fourth-order valence-electron chi connectivity index (χ4n) is 1.82. The Balaban J connectivity index is 2.34. The number of nitrogens with zero attached hydrogens (tertiary/aromatic N) is 1. The maximum absolute atomic E-state index is 12.1. The van der Waals surface area contributed by atoms with Crippen molar-refractivity contribution in [1.82, 2.24) is 0 Å². The summed E-state index contributed by atoms with van der Waals surface area (Å²) >= 11 is 0. The molecule has 0 saturated heterocycles. The van der Waals surface area contributed by atoms with E-state index in [4.69, 9.17) is 0 Å². The minimum absolute atomic E-state index is 0.0724. The number of allylic oxidation sites excluding steroid dienone is 2. The number of carbonyl (C=O) groups is 1. The molecule has 0 heterocycles. The van der Waals surface area contributed by atoms with E-state index >= 15 is 0 Å². The second-order valence-corrected chi connectivity index (χ2v) is 4.19. The van der Waals surface area contributed by atoms with Crippen LogP contribution in [-0.4, -0.2) is 26.6 Å². The molecular weight excluding hydrogens is 250 g/mol. The van der Waals surface area contributed by atoms with Gasteiger partial charge in [0, 0.05) is 11.1 Å². The van der Waals surface area contributed by atoms with E-state index < -0.39 is 28.6 Å². The van der Waals surface area contributed by atoms with Gasteiger partial charge >= 0.3 is 5.72 Å². The van der Waals surface area contributed by atoms with Crippen molar-refractivity contribution in [3.05, 3.63) is 69.5 Å². The van der Waals surface area contributed by atoms with Crippen molar-refractivity contribution in [2.45, 2.75) is 12.1 Å². The Bertz CT molecular complexity index is 590. The number of Topliss-reactive ketones (excluding diaryl/α,β-unsaturated/α-hetero) is 1. The fraction of sp³-hybridized carbons (Fsp3) is 0.154. The molecule has 1 aliphatic rings. The average molecular weight is 261 g/mol. The Morgan fingerprint density at radius 3 is 2.47 bits per heavy atom. The highest BCUT2D eigenvalue weighted by molar-refractivity contribution is 6.09. The molecule has 0 aliphatic heterocycles. The summed E-state index contributed by atoms with van der Waals surface area (Å²) in [5.74, 6) is -1.19. The van der Waals surface area contributed by atoms with Gasteiger partial charge in [0.2, 0.25) is 5.76 Å². The molecule has 1 aromatic rings. The van der Waals surface area contributed by atoms with Gasteiger partial charge in [0.15, 0.2) is 5.78 Å². The summed E-state index contributed by atoms with van der Waals surface area (Å²) in [5.41, 5.74) is -2.19. The fourth-order valence-corrected chi connectivity index (χ4v) is 1.82. The van der Waals surface area contributed by atoms with Gasteiger partial charge in [-0.25, -0.2) is 0 Å². The lowest BCUT2D eigenvalue weighted by Gasteiger charge is -2.22. The van der Waals surface area contributed by atoms with Crippen LogP contribution in [0.25, 0.3) is 0 Å². The van der Waals surface area contributed by atoms with Crippen molar-refractivity contribution in [2.24, 2.45) is 0 Å². The van der Waals surface area contributed by atoms with Crippen LogP contribution in [0.15, 0.2) is 53.8 Å². The molecule has 1 unspecified atom stereocenters. The monoisotopic (exact) mass is 261 g/mol. The number of aliphatic hydroxyl groups is 2. The number of aliphatic hydroxyl groups excluding tert-OH is 1. The molecule has 0 aromatic heterocycles. The standard InChI is InChI=1S/C13H11NO5/c15-11-7-6-10(8-13(11,17)14(18)19)12(16)9-4-2-1-3-5-9/h1-7,15,17H,8H2. The minimum atomic E-state index is -2.63. The third-order valence-electron chi connectivity index (χ3n) is 2.92. The third-order valence-corrected chi connectivity index (χ3v) is 2.92. The molecule has 98 valence electrons. The highest BCUT2D eigenvalue weighted by atomic mass is 16.7. The summed E-state index contributed by atoms with van der Waals surface area (Å²) in [6.45, 7) is 0. The molecule has 0 amide bonds. The van der Waals surface area contributed by atoms with E-state index in [2.05, 4.69) is 0 Å². The van der Waals surface area contributed by atoms with Crippen molar-refractivity contribution in [1.29, 1.82) is 0 Å². The number of benzene rings is 1. The zero-order valence-electron chi connectivity index (χ0n) is 9.81. The zero-order valence-corrected chi connectivity index (χ0v) is 9.81. The molecule has 0 bridgehead atoms. The van der Waals surface area contributed by atoms with Crippen molar-refractivity contribution in [2.75, 3.05) is 0 Å². The van der Waals surface area contributed by atoms with Gasteiger partial charge in [-0.05, 0) is 6.08 Å². The maximum Gasteiger partial charge on any atom is 0.384 e. The van der Waals surface area contributed by atoms with E-state index in [-0.39, 0.29) is 5.57 Å². The summed E-state index contributed by atoms with van der Waals surface area (Å²) in [5, 5.41) is 30.0. The van der Waals surface area contributed by atoms with E-state index in [0.717, 1.165) is 6.08 Å². The number of rotatable bonds is 3. The summed E-state index contributed by atoms with van der Waals surface area (Å²) in [7, 11) is 0. The minimum Gasteiger partial charge on any atom is -0.504 e. The van der Waals surface area contributed by atoms with E-state index in [9.17, 15) is 25.1 Å². The van der Waals surface area contributed by atoms with E-state index in [1.165, 1.54) is 6.08 Å². The molecular formula is C13H11NO5. The van der Waals surface area contributed by atoms with Crippen LogP contribution in [0.1, 0.15) is 16.8 Å². The Morgan fingerprint density at radius 2 is 1.89 bits per heavy atom. The molecule has 2 rings (SSSR count). The quantitative estimate of drug-likeness (QED) is 0.372. The van der Waals surface area contributed by atoms with Crippen LogP contribution in [0.3, 0.4) is 0 Å². The molecule has 1 aliphatic carbocycles. The first-order valence-electron chi connectivity index (χ1n) is 5.52. The van der Waals surface area contributed by atoms with Gasteiger partial charge < -0.3 is 10.2 Å². The lowest BCUT2D eigenvalue weighted by Crippen LogP contribution is -2.42. The van der Waals surface area contributed by atoms with E-state index in [1.807, 2.05) is 0 Å². The van der Waals surface area contributed by atoms with Crippen LogP contribution < -0.4 is 0 Å². The number of hydrogen-bond acceptors (Lipinski definition) is 5. The van der Waals surface area contributed by atoms with Crippen LogP contribution in [0, 0.1) is 10.1 Å². The summed E-state index contributed by atoms with van der Waals surface area (Å²) in [6.07, 6.45) is 1.70. The first-order chi connectivity index (χ1) is 8.95. The highest BCUT2D eigenvalue weighted by Crippen LogP contribution is 2.30. The third kappa shape index (κ3) is 2.25. The van der Waals surface area contributed by atoms with Crippen molar-refractivity contribution < 1.29 is 19.9 Å². The van der Waals surface area contributed by atoms with Crippen molar-refractivity contribution in [3.63, 3.8) is 0 Å². The van der Waals surface area contributed by atoms with Crippen LogP contribution in [-0.2, 0) is 0 Å². The predicted octanol–water partition coefficient (Wildman–Crippen LogP) is 1.61. The van der Waals surface area contributed by atoms with Gasteiger partial charge in [-0.3, -0.25) is 14.9 Å². The van der Waals surface area contributed by atoms with Crippen LogP contribution in [0.5, 0.6) is 0 Å². The molecule has 0 fully saturated rings. The Kier molecular flexibility index (Phi) is 3.18. The summed E-state index contributed by atoms with van der Waals surface area (Å²) in [4.78, 5) is 21.9. The molecule has 19 heavy (non-hydrogen) atoms. The largest absolute Gasteiger partial charge is 0.504 e. The topological polar surface area (TPSA) is 101 Å². The van der Waals surface area contributed by atoms with Gasteiger partial charge in [-0.1, -0.05) is 36.4 Å². The maximum atomic E-state index is 12.1. The summed E-state index contributed by atoms with van der Waals surface area (Å²) < 4.78 is 0. The smallest absolute Gasteiger partial charge is 0.384 e. The molecule has 0 spiro atoms. The number of carbonyl (C=O) groups excluding carboxylic acids is 1. The first kappa shape index (κ1) is 13.0. The van der Waals surface area contributed by atoms with E-state index in [1.54, 1.807) is 30.3 Å². The normalized spacial score (nSPS) is 22.4. The molecule has 0 radical (unpaired) electrons.